The lowest BCUT2D eigenvalue weighted by atomic mass is 9.84. The number of carbonyl (C=O) groups excluding carboxylic acids is 3. The second kappa shape index (κ2) is 6.84. The first-order valence-electron chi connectivity index (χ1n) is 11.0. The van der Waals surface area contributed by atoms with Gasteiger partial charge in [-0.3, -0.25) is 14.4 Å². The Morgan fingerprint density at radius 2 is 1.74 bits per heavy atom. The van der Waals surface area contributed by atoms with Gasteiger partial charge in [0.15, 0.2) is 17.3 Å². The molecule has 2 amide bonds. The summed E-state index contributed by atoms with van der Waals surface area (Å²) in [5.41, 5.74) is 2.29. The van der Waals surface area contributed by atoms with Crippen molar-refractivity contribution in [3.8, 4) is 11.5 Å². The number of amides is 2. The highest BCUT2D eigenvalue weighted by molar-refractivity contribution is 6.24. The summed E-state index contributed by atoms with van der Waals surface area (Å²) in [5.74, 6) is -1.41. The highest BCUT2D eigenvalue weighted by Gasteiger charge is 2.64. The molecule has 3 aromatic rings. The van der Waals surface area contributed by atoms with Crippen molar-refractivity contribution in [2.45, 2.75) is 12.1 Å². The second-order valence-electron chi connectivity index (χ2n) is 8.72. The van der Waals surface area contributed by atoms with Gasteiger partial charge in [0.05, 0.1) is 29.8 Å². The molecule has 8 heteroatoms. The maximum Gasteiger partial charge on any atom is 0.240 e. The average molecular weight is 454 g/mol. The molecule has 0 saturated carbocycles. The van der Waals surface area contributed by atoms with Gasteiger partial charge >= 0.3 is 0 Å². The first-order chi connectivity index (χ1) is 16.6. The first-order valence-corrected chi connectivity index (χ1v) is 11.0. The summed E-state index contributed by atoms with van der Waals surface area (Å²) in [6.07, 6.45) is 5.17. The molecule has 2 aromatic carbocycles. The van der Waals surface area contributed by atoms with E-state index in [0.29, 0.717) is 17.2 Å². The lowest BCUT2D eigenvalue weighted by molar-refractivity contribution is -0.123. The van der Waals surface area contributed by atoms with E-state index in [1.54, 1.807) is 30.3 Å². The summed E-state index contributed by atoms with van der Waals surface area (Å²) in [7, 11) is 0. The number of Topliss-reactive ketones (excluding diaryl/α,β-unsaturated/α-hetero) is 1. The van der Waals surface area contributed by atoms with E-state index in [9.17, 15) is 14.4 Å². The number of carbonyl (C=O) groups is 3. The van der Waals surface area contributed by atoms with Gasteiger partial charge < -0.3 is 18.8 Å². The molecule has 2 fully saturated rings. The summed E-state index contributed by atoms with van der Waals surface area (Å²) in [4.78, 5) is 44.3. The third-order valence-electron chi connectivity index (χ3n) is 7.11. The number of hydrogen-bond acceptors (Lipinski definition) is 7. The van der Waals surface area contributed by atoms with Crippen LogP contribution in [0.25, 0.3) is 6.08 Å². The molecular weight excluding hydrogens is 436 g/mol. The van der Waals surface area contributed by atoms with Crippen LogP contribution in [0.5, 0.6) is 11.5 Å². The fraction of sp³-hybridized carbons (Fsp3) is 0.192. The Bertz CT molecular complexity index is 1390. The third kappa shape index (κ3) is 2.45. The molecular formula is C26H18N2O6. The van der Waals surface area contributed by atoms with Crippen LogP contribution in [0.15, 0.2) is 71.5 Å². The largest absolute Gasteiger partial charge is 0.461 e. The zero-order valence-electron chi connectivity index (χ0n) is 17.8. The zero-order valence-corrected chi connectivity index (χ0v) is 17.8. The van der Waals surface area contributed by atoms with Crippen molar-refractivity contribution in [2.24, 2.45) is 11.8 Å². The molecule has 0 aliphatic carbocycles. The zero-order chi connectivity index (χ0) is 23.0. The maximum absolute atomic E-state index is 13.9. The number of benzene rings is 2. The molecule has 4 aliphatic heterocycles. The van der Waals surface area contributed by atoms with Crippen LogP contribution in [-0.2, 0) is 9.59 Å². The number of rotatable bonds is 3. The quantitative estimate of drug-likeness (QED) is 0.443. The predicted octanol–water partition coefficient (Wildman–Crippen LogP) is 3.41. The monoisotopic (exact) mass is 454 g/mol. The first kappa shape index (κ1) is 19.2. The minimum absolute atomic E-state index is 0.0891. The Morgan fingerprint density at radius 1 is 0.912 bits per heavy atom. The highest BCUT2D eigenvalue weighted by Crippen LogP contribution is 2.54. The van der Waals surface area contributed by atoms with Crippen molar-refractivity contribution in [2.75, 3.05) is 11.7 Å². The fourth-order valence-electron chi connectivity index (χ4n) is 5.70. The molecule has 1 unspecified atom stereocenters. The molecule has 0 radical (unpaired) electrons. The molecule has 1 aromatic heterocycles. The van der Waals surface area contributed by atoms with Gasteiger partial charge in [0.1, 0.15) is 6.04 Å². The minimum Gasteiger partial charge on any atom is -0.461 e. The standard InChI is InChI=1S/C26H18N2O6/c29-24(18-6-3-11-32-18)23-21-20(22-16-5-2-1-4-14(16)9-10-27(22)23)25(30)28(26(21)31)15-7-8-17-19(12-15)34-13-33-17/h1-12,20-23H,13H2/t20-,21+,22?,23-/m0/s1. The number of imide groups is 1. The van der Waals surface area contributed by atoms with Crippen molar-refractivity contribution in [3.05, 3.63) is 83.9 Å². The SMILES string of the molecule is O=C(c1ccco1)[C@@H]1[C@@H]2C(=O)N(c3ccc4c(c3)OCO4)C(=O)[C@@H]2C2c3ccccc3C=CN21. The Balaban J connectivity index is 1.37. The van der Waals surface area contributed by atoms with Crippen LogP contribution in [0.4, 0.5) is 5.69 Å². The van der Waals surface area contributed by atoms with Gasteiger partial charge in [-0.1, -0.05) is 24.3 Å². The summed E-state index contributed by atoms with van der Waals surface area (Å²) in [5, 5.41) is 0. The van der Waals surface area contributed by atoms with Gasteiger partial charge in [-0.05, 0) is 41.5 Å². The summed E-state index contributed by atoms with van der Waals surface area (Å²) < 4.78 is 16.2. The second-order valence-corrected chi connectivity index (χ2v) is 8.72. The summed E-state index contributed by atoms with van der Waals surface area (Å²) >= 11 is 0. The van der Waals surface area contributed by atoms with E-state index >= 15 is 0 Å². The van der Waals surface area contributed by atoms with E-state index in [4.69, 9.17) is 13.9 Å². The molecule has 0 spiro atoms. The summed E-state index contributed by atoms with van der Waals surface area (Å²) in [6, 6.07) is 14.7. The van der Waals surface area contributed by atoms with E-state index in [0.717, 1.165) is 11.1 Å². The van der Waals surface area contributed by atoms with Crippen LogP contribution in [-0.4, -0.2) is 35.3 Å². The number of anilines is 1. The minimum atomic E-state index is -0.860. The number of furan rings is 1. The molecule has 4 aliphatic rings. The molecule has 2 saturated heterocycles. The van der Waals surface area contributed by atoms with Crippen LogP contribution in [0.1, 0.15) is 27.7 Å². The van der Waals surface area contributed by atoms with Crippen LogP contribution in [0.3, 0.4) is 0 Å². The topological polar surface area (TPSA) is 89.3 Å². The highest BCUT2D eigenvalue weighted by atomic mass is 16.7. The van der Waals surface area contributed by atoms with Crippen LogP contribution in [0.2, 0.25) is 0 Å². The number of hydrogen-bond donors (Lipinski definition) is 0. The van der Waals surface area contributed by atoms with Gasteiger partial charge in [0.2, 0.25) is 24.4 Å². The third-order valence-corrected chi connectivity index (χ3v) is 7.11. The summed E-state index contributed by atoms with van der Waals surface area (Å²) in [6.45, 7) is 0.0891. The van der Waals surface area contributed by atoms with Crippen molar-refractivity contribution in [1.82, 2.24) is 4.90 Å². The molecule has 7 rings (SSSR count). The maximum atomic E-state index is 13.9. The van der Waals surface area contributed by atoms with Crippen LogP contribution >= 0.6 is 0 Å². The smallest absolute Gasteiger partial charge is 0.240 e. The van der Waals surface area contributed by atoms with E-state index in [-0.39, 0.29) is 24.2 Å². The number of fused-ring (bicyclic) bond motifs is 6. The van der Waals surface area contributed by atoms with Crippen LogP contribution < -0.4 is 14.4 Å². The van der Waals surface area contributed by atoms with Crippen molar-refractivity contribution in [3.63, 3.8) is 0 Å². The molecule has 34 heavy (non-hydrogen) atoms. The number of ketones is 1. The van der Waals surface area contributed by atoms with Gasteiger partial charge in [-0.15, -0.1) is 0 Å². The molecule has 8 nitrogen and oxygen atoms in total. The van der Waals surface area contributed by atoms with Crippen molar-refractivity contribution < 1.29 is 28.3 Å². The van der Waals surface area contributed by atoms with Gasteiger partial charge in [0, 0.05) is 12.3 Å². The lowest BCUT2D eigenvalue weighted by Gasteiger charge is -2.35. The lowest BCUT2D eigenvalue weighted by Crippen LogP contribution is -2.44. The molecule has 168 valence electrons. The van der Waals surface area contributed by atoms with E-state index in [2.05, 4.69) is 0 Å². The molecule has 0 bridgehead atoms. The van der Waals surface area contributed by atoms with Gasteiger partial charge in [0.25, 0.3) is 0 Å². The van der Waals surface area contributed by atoms with Gasteiger partial charge in [-0.25, -0.2) is 4.90 Å². The number of nitrogens with zero attached hydrogens (tertiary/aromatic N) is 2. The average Bonchev–Trinajstić information content (AvgIpc) is 3.64. The predicted molar refractivity (Wildman–Crippen MR) is 119 cm³/mol. The van der Waals surface area contributed by atoms with Crippen LogP contribution in [0, 0.1) is 11.8 Å². The molecule has 0 N–H and O–H groups in total. The molecule has 4 atom stereocenters. The fourth-order valence-corrected chi connectivity index (χ4v) is 5.70. The Kier molecular flexibility index (Phi) is 3.85. The van der Waals surface area contributed by atoms with Crippen molar-refractivity contribution in [1.29, 1.82) is 0 Å². The van der Waals surface area contributed by atoms with E-state index in [1.807, 2.05) is 41.4 Å². The van der Waals surface area contributed by atoms with E-state index in [1.165, 1.54) is 11.2 Å². The Hall–Kier alpha value is -4.33. The molecule has 5 heterocycles. The van der Waals surface area contributed by atoms with Gasteiger partial charge in [-0.2, -0.15) is 0 Å². The Labute approximate surface area is 194 Å². The van der Waals surface area contributed by atoms with Crippen molar-refractivity contribution >= 4 is 29.4 Å². The van der Waals surface area contributed by atoms with E-state index < -0.39 is 29.8 Å². The Morgan fingerprint density at radius 3 is 2.59 bits per heavy atom. The normalized spacial score (nSPS) is 26.0. The number of ether oxygens (including phenoxy) is 2.